The summed E-state index contributed by atoms with van der Waals surface area (Å²) in [5.41, 5.74) is 3.73. The second-order valence-electron chi connectivity index (χ2n) is 6.32. The number of para-hydroxylation sites is 1. The number of anilines is 1. The summed E-state index contributed by atoms with van der Waals surface area (Å²) in [4.78, 5) is 29.0. The van der Waals surface area contributed by atoms with E-state index in [0.29, 0.717) is 18.7 Å². The van der Waals surface area contributed by atoms with Gasteiger partial charge < -0.3 is 9.80 Å². The fourth-order valence-electron chi connectivity index (χ4n) is 3.12. The lowest BCUT2D eigenvalue weighted by molar-refractivity contribution is -0.124. The molecule has 1 saturated heterocycles. The molecule has 124 valence electrons. The fraction of sp³-hybridized carbons (Fsp3) is 0.300. The van der Waals surface area contributed by atoms with Gasteiger partial charge in [0.25, 0.3) is 5.91 Å². The molecular formula is C20H22N2O2. The third kappa shape index (κ3) is 2.92. The van der Waals surface area contributed by atoms with Gasteiger partial charge in [0.2, 0.25) is 5.91 Å². The normalized spacial score (nSPS) is 18.0. The number of hydrogen-bond donors (Lipinski definition) is 0. The van der Waals surface area contributed by atoms with Gasteiger partial charge in [-0.3, -0.25) is 9.59 Å². The molecule has 0 aromatic heterocycles. The zero-order valence-electron chi connectivity index (χ0n) is 14.3. The average Bonchev–Trinajstić information content (AvgIpc) is 2.58. The summed E-state index contributed by atoms with van der Waals surface area (Å²) in [6, 6.07) is 14.9. The van der Waals surface area contributed by atoms with E-state index in [1.165, 1.54) is 0 Å². The zero-order valence-corrected chi connectivity index (χ0v) is 14.3. The molecule has 1 heterocycles. The highest BCUT2D eigenvalue weighted by atomic mass is 16.2. The SMILES string of the molecule is Cc1ccc(C(=O)N2CCN(c3ccccc3C)C(=O)C2C)cc1. The molecule has 24 heavy (non-hydrogen) atoms. The molecule has 0 bridgehead atoms. The highest BCUT2D eigenvalue weighted by molar-refractivity contribution is 6.03. The Kier molecular flexibility index (Phi) is 4.38. The van der Waals surface area contributed by atoms with Crippen LogP contribution in [0.5, 0.6) is 0 Å². The van der Waals surface area contributed by atoms with Crippen LogP contribution in [0, 0.1) is 13.8 Å². The molecule has 2 aromatic rings. The van der Waals surface area contributed by atoms with Crippen molar-refractivity contribution >= 4 is 17.5 Å². The van der Waals surface area contributed by atoms with Gasteiger partial charge in [-0.1, -0.05) is 35.9 Å². The quantitative estimate of drug-likeness (QED) is 0.852. The van der Waals surface area contributed by atoms with Gasteiger partial charge in [-0.15, -0.1) is 0 Å². The van der Waals surface area contributed by atoms with Gasteiger partial charge in [0, 0.05) is 24.3 Å². The molecule has 2 aromatic carbocycles. The minimum atomic E-state index is -0.466. The molecule has 0 N–H and O–H groups in total. The Morgan fingerprint density at radius 3 is 2.33 bits per heavy atom. The Labute approximate surface area is 142 Å². The van der Waals surface area contributed by atoms with Crippen molar-refractivity contribution in [3.8, 4) is 0 Å². The number of amides is 2. The smallest absolute Gasteiger partial charge is 0.254 e. The maximum atomic E-state index is 12.8. The predicted molar refractivity (Wildman–Crippen MR) is 95.2 cm³/mol. The molecule has 1 aliphatic rings. The Morgan fingerprint density at radius 2 is 1.67 bits per heavy atom. The topological polar surface area (TPSA) is 40.6 Å². The van der Waals surface area contributed by atoms with Crippen LogP contribution in [0.15, 0.2) is 48.5 Å². The second-order valence-corrected chi connectivity index (χ2v) is 6.32. The molecule has 0 spiro atoms. The number of piperazine rings is 1. The molecule has 1 unspecified atom stereocenters. The van der Waals surface area contributed by atoms with Crippen molar-refractivity contribution in [3.63, 3.8) is 0 Å². The Morgan fingerprint density at radius 1 is 1.00 bits per heavy atom. The van der Waals surface area contributed by atoms with Crippen molar-refractivity contribution in [3.05, 3.63) is 65.2 Å². The van der Waals surface area contributed by atoms with Gasteiger partial charge in [-0.2, -0.15) is 0 Å². The standard InChI is InChI=1S/C20H22N2O2/c1-14-8-10-17(11-9-14)20(24)21-12-13-22(19(23)16(21)3)18-7-5-4-6-15(18)2/h4-11,16H,12-13H2,1-3H3. The van der Waals surface area contributed by atoms with E-state index < -0.39 is 6.04 Å². The summed E-state index contributed by atoms with van der Waals surface area (Å²) < 4.78 is 0. The second kappa shape index (κ2) is 6.48. The molecule has 1 fully saturated rings. The summed E-state index contributed by atoms with van der Waals surface area (Å²) in [6.07, 6.45) is 0. The van der Waals surface area contributed by atoms with Crippen LogP contribution < -0.4 is 4.90 Å². The van der Waals surface area contributed by atoms with Gasteiger partial charge in [0.15, 0.2) is 0 Å². The Bertz CT molecular complexity index is 767. The largest absolute Gasteiger partial charge is 0.325 e. The predicted octanol–water partition coefficient (Wildman–Crippen LogP) is 3.18. The number of carbonyl (C=O) groups is 2. The van der Waals surface area contributed by atoms with Crippen LogP contribution in [0.1, 0.15) is 28.4 Å². The van der Waals surface area contributed by atoms with Crippen LogP contribution >= 0.6 is 0 Å². The first-order chi connectivity index (χ1) is 11.5. The maximum Gasteiger partial charge on any atom is 0.254 e. The van der Waals surface area contributed by atoms with Gasteiger partial charge >= 0.3 is 0 Å². The molecule has 1 atom stereocenters. The van der Waals surface area contributed by atoms with Crippen LogP contribution in [-0.4, -0.2) is 35.8 Å². The first kappa shape index (κ1) is 16.2. The van der Waals surface area contributed by atoms with E-state index in [0.717, 1.165) is 16.8 Å². The average molecular weight is 322 g/mol. The summed E-state index contributed by atoms with van der Waals surface area (Å²) >= 11 is 0. The van der Waals surface area contributed by atoms with E-state index in [4.69, 9.17) is 0 Å². The highest BCUT2D eigenvalue weighted by Crippen LogP contribution is 2.24. The Balaban J connectivity index is 1.81. The van der Waals surface area contributed by atoms with Crippen LogP contribution in [0.3, 0.4) is 0 Å². The highest BCUT2D eigenvalue weighted by Gasteiger charge is 2.35. The van der Waals surface area contributed by atoms with Crippen molar-refractivity contribution in [2.24, 2.45) is 0 Å². The van der Waals surface area contributed by atoms with Crippen molar-refractivity contribution in [2.75, 3.05) is 18.0 Å². The fourth-order valence-corrected chi connectivity index (χ4v) is 3.12. The van der Waals surface area contributed by atoms with Crippen LogP contribution in [-0.2, 0) is 4.79 Å². The van der Waals surface area contributed by atoms with Crippen molar-refractivity contribution in [1.82, 2.24) is 4.90 Å². The van der Waals surface area contributed by atoms with E-state index in [1.807, 2.05) is 62.4 Å². The number of benzene rings is 2. The molecule has 0 saturated carbocycles. The number of nitrogens with zero attached hydrogens (tertiary/aromatic N) is 2. The minimum Gasteiger partial charge on any atom is -0.325 e. The van der Waals surface area contributed by atoms with Crippen LogP contribution in [0.25, 0.3) is 0 Å². The zero-order chi connectivity index (χ0) is 17.3. The summed E-state index contributed by atoms with van der Waals surface area (Å²) in [5.74, 6) is -0.115. The number of hydrogen-bond acceptors (Lipinski definition) is 2. The number of aryl methyl sites for hydroxylation is 2. The van der Waals surface area contributed by atoms with E-state index in [1.54, 1.807) is 16.7 Å². The maximum absolute atomic E-state index is 12.8. The lowest BCUT2D eigenvalue weighted by atomic mass is 10.1. The van der Waals surface area contributed by atoms with E-state index in [2.05, 4.69) is 0 Å². The van der Waals surface area contributed by atoms with Crippen LogP contribution in [0.4, 0.5) is 5.69 Å². The minimum absolute atomic E-state index is 0.0315. The number of carbonyl (C=O) groups excluding carboxylic acids is 2. The molecule has 1 aliphatic heterocycles. The van der Waals surface area contributed by atoms with Gasteiger partial charge in [-0.25, -0.2) is 0 Å². The number of rotatable bonds is 2. The first-order valence-electron chi connectivity index (χ1n) is 8.23. The monoisotopic (exact) mass is 322 g/mol. The molecule has 0 aliphatic carbocycles. The van der Waals surface area contributed by atoms with E-state index in [9.17, 15) is 9.59 Å². The molecule has 4 heteroatoms. The molecule has 3 rings (SSSR count). The third-order valence-corrected chi connectivity index (χ3v) is 4.62. The van der Waals surface area contributed by atoms with Gasteiger partial charge in [0.05, 0.1) is 0 Å². The van der Waals surface area contributed by atoms with Gasteiger partial charge in [0.1, 0.15) is 6.04 Å². The lowest BCUT2D eigenvalue weighted by Crippen LogP contribution is -2.57. The summed E-state index contributed by atoms with van der Waals surface area (Å²) in [6.45, 7) is 6.84. The first-order valence-corrected chi connectivity index (χ1v) is 8.23. The lowest BCUT2D eigenvalue weighted by Gasteiger charge is -2.39. The Hall–Kier alpha value is -2.62. The third-order valence-electron chi connectivity index (χ3n) is 4.62. The molecule has 2 amide bonds. The molecular weight excluding hydrogens is 300 g/mol. The van der Waals surface area contributed by atoms with Gasteiger partial charge in [-0.05, 0) is 44.5 Å². The van der Waals surface area contributed by atoms with Crippen molar-refractivity contribution in [1.29, 1.82) is 0 Å². The summed E-state index contributed by atoms with van der Waals surface area (Å²) in [5, 5.41) is 0. The van der Waals surface area contributed by atoms with Crippen molar-refractivity contribution in [2.45, 2.75) is 26.8 Å². The molecule has 0 radical (unpaired) electrons. The summed E-state index contributed by atoms with van der Waals surface area (Å²) in [7, 11) is 0. The van der Waals surface area contributed by atoms with Crippen LogP contribution in [0.2, 0.25) is 0 Å². The van der Waals surface area contributed by atoms with E-state index >= 15 is 0 Å². The molecule has 4 nitrogen and oxygen atoms in total. The van der Waals surface area contributed by atoms with E-state index in [-0.39, 0.29) is 11.8 Å². The van der Waals surface area contributed by atoms with Crippen molar-refractivity contribution < 1.29 is 9.59 Å².